The minimum atomic E-state index is -0.0352. The summed E-state index contributed by atoms with van der Waals surface area (Å²) in [5.74, 6) is 1.65. The topological polar surface area (TPSA) is 61.9 Å². The molecule has 0 radical (unpaired) electrons. The van der Waals surface area contributed by atoms with Gasteiger partial charge in [-0.15, -0.1) is 0 Å². The highest BCUT2D eigenvalue weighted by Gasteiger charge is 2.18. The first-order valence-corrected chi connectivity index (χ1v) is 7.39. The Morgan fingerprint density at radius 2 is 2.00 bits per heavy atom. The Labute approximate surface area is 127 Å². The van der Waals surface area contributed by atoms with Gasteiger partial charge in [0.05, 0.1) is 7.11 Å². The highest BCUT2D eigenvalue weighted by Crippen LogP contribution is 2.19. The van der Waals surface area contributed by atoms with Crippen LogP contribution in [0.25, 0.3) is 16.9 Å². The molecule has 6 heteroatoms. The summed E-state index contributed by atoms with van der Waals surface area (Å²) in [6, 6.07) is 7.62. The molecule has 3 heterocycles. The third kappa shape index (κ3) is 1.91. The lowest BCUT2D eigenvalue weighted by Crippen LogP contribution is -2.28. The largest absolute Gasteiger partial charge is 0.497 e. The molecule has 112 valence electrons. The predicted octanol–water partition coefficient (Wildman–Crippen LogP) is 1.93. The van der Waals surface area contributed by atoms with Gasteiger partial charge >= 0.3 is 0 Å². The van der Waals surface area contributed by atoms with Gasteiger partial charge in [-0.3, -0.25) is 13.9 Å². The minimum absolute atomic E-state index is 0.0352. The molecule has 22 heavy (non-hydrogen) atoms. The van der Waals surface area contributed by atoms with Crippen LogP contribution in [0, 0.1) is 0 Å². The standard InChI is InChI=1S/C16H16N4O2/c1-22-12-7-5-11(6-8-12)20-10-17-14-15(20)18-13-4-2-3-9-19(13)16(14)21/h5-8,10H,2-4,9H2,1H3. The number of nitrogens with zero attached hydrogens (tertiary/aromatic N) is 4. The van der Waals surface area contributed by atoms with Gasteiger partial charge in [-0.1, -0.05) is 0 Å². The average molecular weight is 296 g/mol. The monoisotopic (exact) mass is 296 g/mol. The van der Waals surface area contributed by atoms with Gasteiger partial charge in [0.25, 0.3) is 5.56 Å². The molecular formula is C16H16N4O2. The third-order valence-electron chi connectivity index (χ3n) is 4.12. The molecule has 1 aromatic carbocycles. The zero-order chi connectivity index (χ0) is 15.1. The lowest BCUT2D eigenvalue weighted by molar-refractivity contribution is 0.415. The van der Waals surface area contributed by atoms with Crippen molar-refractivity contribution < 1.29 is 4.74 Å². The normalized spacial score (nSPS) is 14.0. The van der Waals surface area contributed by atoms with Crippen LogP contribution < -0.4 is 10.3 Å². The maximum Gasteiger partial charge on any atom is 0.281 e. The Kier molecular flexibility index (Phi) is 2.96. The Morgan fingerprint density at radius 3 is 2.77 bits per heavy atom. The van der Waals surface area contributed by atoms with Gasteiger partial charge in [0.1, 0.15) is 17.9 Å². The molecular weight excluding hydrogens is 280 g/mol. The average Bonchev–Trinajstić information content (AvgIpc) is 2.99. The van der Waals surface area contributed by atoms with Crippen LogP contribution in [0.1, 0.15) is 18.7 Å². The van der Waals surface area contributed by atoms with E-state index in [1.807, 2.05) is 28.8 Å². The lowest BCUT2D eigenvalue weighted by Gasteiger charge is -2.16. The molecule has 0 atom stereocenters. The number of aryl methyl sites for hydroxylation is 1. The molecule has 0 aliphatic carbocycles. The number of hydrogen-bond acceptors (Lipinski definition) is 4. The first-order valence-electron chi connectivity index (χ1n) is 7.39. The molecule has 0 bridgehead atoms. The highest BCUT2D eigenvalue weighted by molar-refractivity contribution is 5.72. The zero-order valence-corrected chi connectivity index (χ0v) is 12.3. The summed E-state index contributed by atoms with van der Waals surface area (Å²) in [7, 11) is 1.64. The van der Waals surface area contributed by atoms with Crippen molar-refractivity contribution in [2.75, 3.05) is 7.11 Å². The third-order valence-corrected chi connectivity index (χ3v) is 4.12. The molecule has 0 N–H and O–H groups in total. The molecule has 0 fully saturated rings. The first-order chi connectivity index (χ1) is 10.8. The number of rotatable bonds is 2. The minimum Gasteiger partial charge on any atom is -0.497 e. The smallest absolute Gasteiger partial charge is 0.281 e. The molecule has 0 saturated carbocycles. The summed E-state index contributed by atoms with van der Waals surface area (Å²) in [5.41, 5.74) is 1.94. The Bertz CT molecular complexity index is 893. The summed E-state index contributed by atoms with van der Waals surface area (Å²) in [5, 5.41) is 0. The van der Waals surface area contributed by atoms with Gasteiger partial charge in [0.2, 0.25) is 0 Å². The zero-order valence-electron chi connectivity index (χ0n) is 12.3. The fourth-order valence-electron chi connectivity index (χ4n) is 2.93. The van der Waals surface area contributed by atoms with Crippen molar-refractivity contribution in [3.63, 3.8) is 0 Å². The molecule has 1 aliphatic rings. The van der Waals surface area contributed by atoms with Crippen molar-refractivity contribution in [1.82, 2.24) is 19.1 Å². The Morgan fingerprint density at radius 1 is 1.18 bits per heavy atom. The van der Waals surface area contributed by atoms with Gasteiger partial charge in [-0.05, 0) is 37.1 Å². The molecule has 1 aliphatic heterocycles. The quantitative estimate of drug-likeness (QED) is 0.725. The van der Waals surface area contributed by atoms with E-state index in [4.69, 9.17) is 4.74 Å². The molecule has 3 aromatic rings. The Balaban J connectivity index is 1.92. The maximum atomic E-state index is 12.5. The van der Waals surface area contributed by atoms with Crippen LogP contribution in [0.2, 0.25) is 0 Å². The van der Waals surface area contributed by atoms with E-state index in [0.29, 0.717) is 11.2 Å². The van der Waals surface area contributed by atoms with E-state index in [9.17, 15) is 4.79 Å². The van der Waals surface area contributed by atoms with Gasteiger partial charge in [0.15, 0.2) is 11.2 Å². The molecule has 4 rings (SSSR count). The number of aromatic nitrogens is 4. The highest BCUT2D eigenvalue weighted by atomic mass is 16.5. The number of imidazole rings is 1. The van der Waals surface area contributed by atoms with Gasteiger partial charge in [-0.25, -0.2) is 9.97 Å². The van der Waals surface area contributed by atoms with Crippen LogP contribution in [0.5, 0.6) is 5.75 Å². The Hall–Kier alpha value is -2.63. The molecule has 0 saturated heterocycles. The van der Waals surface area contributed by atoms with Crippen LogP contribution in [-0.4, -0.2) is 26.2 Å². The maximum absolute atomic E-state index is 12.5. The second-order valence-electron chi connectivity index (χ2n) is 5.43. The van der Waals surface area contributed by atoms with E-state index in [1.54, 1.807) is 18.0 Å². The van der Waals surface area contributed by atoms with E-state index in [-0.39, 0.29) is 5.56 Å². The van der Waals surface area contributed by atoms with E-state index < -0.39 is 0 Å². The second kappa shape index (κ2) is 4.98. The number of benzene rings is 1. The van der Waals surface area contributed by atoms with E-state index in [1.165, 1.54) is 0 Å². The summed E-state index contributed by atoms with van der Waals surface area (Å²) in [6.45, 7) is 0.743. The van der Waals surface area contributed by atoms with Crippen molar-refractivity contribution in [3.8, 4) is 11.4 Å². The van der Waals surface area contributed by atoms with Crippen molar-refractivity contribution in [2.24, 2.45) is 0 Å². The van der Waals surface area contributed by atoms with Crippen LogP contribution >= 0.6 is 0 Å². The van der Waals surface area contributed by atoms with Crippen molar-refractivity contribution in [2.45, 2.75) is 25.8 Å². The van der Waals surface area contributed by atoms with Crippen molar-refractivity contribution in [3.05, 3.63) is 46.8 Å². The SMILES string of the molecule is COc1ccc(-n2cnc3c(=O)n4c(nc32)CCCC4)cc1. The van der Waals surface area contributed by atoms with Gasteiger partial charge in [-0.2, -0.15) is 0 Å². The summed E-state index contributed by atoms with van der Waals surface area (Å²) >= 11 is 0. The van der Waals surface area contributed by atoms with Gasteiger partial charge in [0, 0.05) is 18.7 Å². The van der Waals surface area contributed by atoms with Crippen LogP contribution in [0.4, 0.5) is 0 Å². The summed E-state index contributed by atoms with van der Waals surface area (Å²) < 4.78 is 8.79. The predicted molar refractivity (Wildman–Crippen MR) is 82.6 cm³/mol. The van der Waals surface area contributed by atoms with Crippen molar-refractivity contribution in [1.29, 1.82) is 0 Å². The fraction of sp³-hybridized carbons (Fsp3) is 0.312. The number of ether oxygens (including phenoxy) is 1. The van der Waals surface area contributed by atoms with Crippen LogP contribution in [0.15, 0.2) is 35.4 Å². The fourth-order valence-corrected chi connectivity index (χ4v) is 2.93. The van der Waals surface area contributed by atoms with E-state index in [2.05, 4.69) is 9.97 Å². The van der Waals surface area contributed by atoms with Crippen molar-refractivity contribution >= 4 is 11.2 Å². The molecule has 6 nitrogen and oxygen atoms in total. The molecule has 0 unspecified atom stereocenters. The lowest BCUT2D eigenvalue weighted by atomic mass is 10.1. The van der Waals surface area contributed by atoms with Crippen LogP contribution in [-0.2, 0) is 13.0 Å². The number of methoxy groups -OCH3 is 1. The van der Waals surface area contributed by atoms with E-state index in [0.717, 1.165) is 43.1 Å². The summed E-state index contributed by atoms with van der Waals surface area (Å²) in [4.78, 5) is 21.5. The molecule has 0 amide bonds. The number of fused-ring (bicyclic) bond motifs is 2. The molecule has 2 aromatic heterocycles. The summed E-state index contributed by atoms with van der Waals surface area (Å²) in [6.07, 6.45) is 4.61. The first kappa shape index (κ1) is 13.1. The van der Waals surface area contributed by atoms with E-state index >= 15 is 0 Å². The molecule has 0 spiro atoms. The van der Waals surface area contributed by atoms with Crippen LogP contribution in [0.3, 0.4) is 0 Å². The second-order valence-corrected chi connectivity index (χ2v) is 5.43. The number of hydrogen-bond donors (Lipinski definition) is 0. The van der Waals surface area contributed by atoms with Gasteiger partial charge < -0.3 is 4.74 Å².